The largest absolute Gasteiger partial charge is 0.343 e. The normalized spacial score (nSPS) is 22.4. The Labute approximate surface area is 186 Å². The second-order valence-corrected chi connectivity index (χ2v) is 9.46. The summed E-state index contributed by atoms with van der Waals surface area (Å²) in [5.74, 6) is 0.257. The third-order valence-corrected chi connectivity index (χ3v) is 7.35. The fraction of sp³-hybridized carbons (Fsp3) is 0.636. The number of rotatable bonds is 6. The zero-order valence-corrected chi connectivity index (χ0v) is 18.6. The van der Waals surface area contributed by atoms with E-state index in [0.717, 1.165) is 24.3 Å². The highest BCUT2D eigenvalue weighted by atomic mass is 32.1. The predicted octanol–water partition coefficient (Wildman–Crippen LogP) is 1.28. The Kier molecular flexibility index (Phi) is 6.89. The van der Waals surface area contributed by atoms with Crippen molar-refractivity contribution in [3.63, 3.8) is 0 Å². The molecule has 4 amide bonds. The number of carbonyl (C=O) groups is 4. The van der Waals surface area contributed by atoms with Gasteiger partial charge in [0, 0.05) is 65.2 Å². The van der Waals surface area contributed by atoms with E-state index >= 15 is 0 Å². The van der Waals surface area contributed by atoms with Crippen LogP contribution in [0.3, 0.4) is 0 Å². The van der Waals surface area contributed by atoms with Gasteiger partial charge in [-0.15, -0.1) is 11.3 Å². The first-order valence-corrected chi connectivity index (χ1v) is 12.1. The molecule has 0 saturated carbocycles. The molecule has 0 radical (unpaired) electrons. The average Bonchev–Trinajstić information content (AvgIpc) is 3.46. The number of piperidine rings is 1. The Hall–Kier alpha value is -2.42. The van der Waals surface area contributed by atoms with Crippen LogP contribution in [0.25, 0.3) is 0 Å². The van der Waals surface area contributed by atoms with Crippen molar-refractivity contribution >= 4 is 35.0 Å². The summed E-state index contributed by atoms with van der Waals surface area (Å²) < 4.78 is 0. The lowest BCUT2D eigenvalue weighted by molar-refractivity contribution is -0.144. The van der Waals surface area contributed by atoms with E-state index in [4.69, 9.17) is 0 Å². The molecule has 1 aromatic heterocycles. The van der Waals surface area contributed by atoms with Gasteiger partial charge in [0.05, 0.1) is 10.8 Å². The van der Waals surface area contributed by atoms with Crippen LogP contribution in [-0.2, 0) is 14.4 Å². The summed E-state index contributed by atoms with van der Waals surface area (Å²) in [5, 5.41) is 1.89. The van der Waals surface area contributed by atoms with Gasteiger partial charge < -0.3 is 19.6 Å². The molecule has 3 aliphatic rings. The van der Waals surface area contributed by atoms with Crippen LogP contribution in [-0.4, -0.2) is 95.6 Å². The summed E-state index contributed by atoms with van der Waals surface area (Å²) in [5.41, 5.74) is 0. The molecule has 0 N–H and O–H groups in total. The Morgan fingerprint density at radius 3 is 2.32 bits per heavy atom. The van der Waals surface area contributed by atoms with Gasteiger partial charge in [-0.2, -0.15) is 0 Å². The molecule has 1 unspecified atom stereocenters. The topological polar surface area (TPSA) is 81.2 Å². The molecule has 0 aliphatic carbocycles. The fourth-order valence-electron chi connectivity index (χ4n) is 4.67. The van der Waals surface area contributed by atoms with Gasteiger partial charge in [0.2, 0.25) is 17.7 Å². The molecule has 3 fully saturated rings. The number of hydrogen-bond donors (Lipinski definition) is 0. The smallest absolute Gasteiger partial charge is 0.264 e. The van der Waals surface area contributed by atoms with Crippen molar-refractivity contribution in [1.82, 2.24) is 19.6 Å². The molecule has 1 aromatic rings. The third-order valence-electron chi connectivity index (χ3n) is 6.49. The molecule has 31 heavy (non-hydrogen) atoms. The summed E-state index contributed by atoms with van der Waals surface area (Å²) in [6, 6.07) is 3.70. The van der Waals surface area contributed by atoms with Crippen LogP contribution in [0.15, 0.2) is 17.5 Å². The molecule has 4 heterocycles. The van der Waals surface area contributed by atoms with Crippen LogP contribution in [0.1, 0.15) is 41.8 Å². The first kappa shape index (κ1) is 21.8. The van der Waals surface area contributed by atoms with Crippen molar-refractivity contribution in [3.05, 3.63) is 22.4 Å². The van der Waals surface area contributed by atoms with Gasteiger partial charge in [0.1, 0.15) is 0 Å². The first-order valence-electron chi connectivity index (χ1n) is 11.2. The van der Waals surface area contributed by atoms with E-state index in [-0.39, 0.29) is 29.5 Å². The molecule has 168 valence electrons. The van der Waals surface area contributed by atoms with Crippen molar-refractivity contribution in [2.24, 2.45) is 5.92 Å². The molecule has 9 heteroatoms. The standard InChI is InChI=1S/C22H30N4O4S/c27-19-5-1-8-23(19)9-3-10-26-16-17(6-7-20(26)28)21(29)24-11-13-25(14-12-24)22(30)18-4-2-15-31-18/h2,4,15,17H,1,3,5-14,16H2. The number of amides is 4. The molecule has 4 rings (SSSR count). The zero-order valence-electron chi connectivity index (χ0n) is 17.8. The highest BCUT2D eigenvalue weighted by Crippen LogP contribution is 2.22. The minimum absolute atomic E-state index is 0.0352. The third kappa shape index (κ3) is 5.08. The van der Waals surface area contributed by atoms with E-state index in [1.165, 1.54) is 11.3 Å². The number of piperazine rings is 1. The van der Waals surface area contributed by atoms with E-state index in [1.54, 1.807) is 4.90 Å². The molecule has 0 aromatic carbocycles. The summed E-state index contributed by atoms with van der Waals surface area (Å²) in [6.07, 6.45) is 3.29. The highest BCUT2D eigenvalue weighted by molar-refractivity contribution is 7.12. The minimum Gasteiger partial charge on any atom is -0.343 e. The van der Waals surface area contributed by atoms with Crippen molar-refractivity contribution in [2.45, 2.75) is 32.1 Å². The molecule has 0 bridgehead atoms. The second-order valence-electron chi connectivity index (χ2n) is 8.51. The van der Waals surface area contributed by atoms with Gasteiger partial charge in [-0.05, 0) is 30.7 Å². The van der Waals surface area contributed by atoms with Crippen molar-refractivity contribution < 1.29 is 19.2 Å². The Morgan fingerprint density at radius 1 is 0.935 bits per heavy atom. The van der Waals surface area contributed by atoms with Crippen LogP contribution >= 0.6 is 11.3 Å². The van der Waals surface area contributed by atoms with Crippen molar-refractivity contribution in [2.75, 3.05) is 52.4 Å². The van der Waals surface area contributed by atoms with E-state index in [1.807, 2.05) is 32.2 Å². The lowest BCUT2D eigenvalue weighted by atomic mass is 9.95. The second kappa shape index (κ2) is 9.80. The Morgan fingerprint density at radius 2 is 1.65 bits per heavy atom. The van der Waals surface area contributed by atoms with Gasteiger partial charge in [0.25, 0.3) is 5.91 Å². The highest BCUT2D eigenvalue weighted by Gasteiger charge is 2.34. The minimum atomic E-state index is -0.175. The number of carbonyl (C=O) groups excluding carboxylic acids is 4. The Bertz CT molecular complexity index is 819. The van der Waals surface area contributed by atoms with Crippen molar-refractivity contribution in [1.29, 1.82) is 0 Å². The lowest BCUT2D eigenvalue weighted by Crippen LogP contribution is -2.54. The maximum Gasteiger partial charge on any atom is 0.264 e. The van der Waals surface area contributed by atoms with Crippen LogP contribution in [0.5, 0.6) is 0 Å². The van der Waals surface area contributed by atoms with E-state index < -0.39 is 0 Å². The van der Waals surface area contributed by atoms with Crippen molar-refractivity contribution in [3.8, 4) is 0 Å². The van der Waals surface area contributed by atoms with Gasteiger partial charge in [-0.1, -0.05) is 6.07 Å². The van der Waals surface area contributed by atoms with Crippen LogP contribution < -0.4 is 0 Å². The summed E-state index contributed by atoms with van der Waals surface area (Å²) in [7, 11) is 0. The molecule has 3 aliphatic heterocycles. The predicted molar refractivity (Wildman–Crippen MR) is 117 cm³/mol. The number of thiophene rings is 1. The SMILES string of the molecule is O=C1CCCN1CCCN1CC(C(=O)N2CCN(C(=O)c3cccs3)CC2)CCC1=O. The van der Waals surface area contributed by atoms with Crippen LogP contribution in [0.2, 0.25) is 0 Å². The van der Waals surface area contributed by atoms with Gasteiger partial charge >= 0.3 is 0 Å². The number of likely N-dealkylation sites (tertiary alicyclic amines) is 2. The van der Waals surface area contributed by atoms with Crippen LogP contribution in [0, 0.1) is 5.92 Å². The van der Waals surface area contributed by atoms with Gasteiger partial charge in [0.15, 0.2) is 0 Å². The summed E-state index contributed by atoms with van der Waals surface area (Å²) in [4.78, 5) is 57.7. The maximum absolute atomic E-state index is 13.1. The fourth-order valence-corrected chi connectivity index (χ4v) is 5.36. The zero-order chi connectivity index (χ0) is 21.8. The summed E-state index contributed by atoms with van der Waals surface area (Å²) in [6.45, 7) is 4.71. The Balaban J connectivity index is 1.24. The summed E-state index contributed by atoms with van der Waals surface area (Å²) >= 11 is 1.44. The van der Waals surface area contributed by atoms with E-state index in [9.17, 15) is 19.2 Å². The monoisotopic (exact) mass is 446 g/mol. The maximum atomic E-state index is 13.1. The first-order chi connectivity index (χ1) is 15.0. The van der Waals surface area contributed by atoms with Gasteiger partial charge in [-0.25, -0.2) is 0 Å². The lowest BCUT2D eigenvalue weighted by Gasteiger charge is -2.39. The van der Waals surface area contributed by atoms with E-state index in [0.29, 0.717) is 65.1 Å². The van der Waals surface area contributed by atoms with Gasteiger partial charge in [-0.3, -0.25) is 19.2 Å². The number of hydrogen-bond acceptors (Lipinski definition) is 5. The molecule has 1 atom stereocenters. The molecule has 3 saturated heterocycles. The number of nitrogens with zero attached hydrogens (tertiary/aromatic N) is 4. The molecule has 0 spiro atoms. The van der Waals surface area contributed by atoms with E-state index in [2.05, 4.69) is 0 Å². The molecular formula is C22H30N4O4S. The quantitative estimate of drug-likeness (QED) is 0.659. The average molecular weight is 447 g/mol. The molecular weight excluding hydrogens is 416 g/mol. The van der Waals surface area contributed by atoms with Crippen LogP contribution in [0.4, 0.5) is 0 Å². The molecule has 8 nitrogen and oxygen atoms in total.